The lowest BCUT2D eigenvalue weighted by Gasteiger charge is -2.17. The van der Waals surface area contributed by atoms with E-state index in [0.29, 0.717) is 11.6 Å². The number of carbonyl (C=O) groups excluding carboxylic acids is 2. The van der Waals surface area contributed by atoms with Gasteiger partial charge in [-0.05, 0) is 46.7 Å². The number of likely N-dealkylation sites (N-methyl/N-ethyl adjacent to an activating group) is 1. The molecule has 7 nitrogen and oxygen atoms in total. The van der Waals surface area contributed by atoms with Crippen molar-refractivity contribution in [1.29, 1.82) is 0 Å². The summed E-state index contributed by atoms with van der Waals surface area (Å²) in [4.78, 5) is 34.8. The van der Waals surface area contributed by atoms with Gasteiger partial charge in [0.05, 0.1) is 30.1 Å². The zero-order valence-corrected chi connectivity index (χ0v) is 19.2. The van der Waals surface area contributed by atoms with E-state index in [-0.39, 0.29) is 18.3 Å². The van der Waals surface area contributed by atoms with Gasteiger partial charge < -0.3 is 14.4 Å². The molecule has 3 aromatic carbocycles. The number of para-hydroxylation sites is 2. The molecule has 0 radical (unpaired) electrons. The number of carbonyl (C=O) groups is 2. The number of benzene rings is 3. The molecular weight excluding hydrogens is 438 g/mol. The number of ether oxygens (including phenoxy) is 2. The van der Waals surface area contributed by atoms with Crippen molar-refractivity contribution in [2.45, 2.75) is 11.6 Å². The van der Waals surface area contributed by atoms with Crippen LogP contribution in [-0.2, 0) is 20.9 Å². The topological polar surface area (TPSA) is 81.6 Å². The summed E-state index contributed by atoms with van der Waals surface area (Å²) in [5, 5.41) is 2.76. The second kappa shape index (κ2) is 10.3. The van der Waals surface area contributed by atoms with E-state index in [0.717, 1.165) is 33.1 Å². The summed E-state index contributed by atoms with van der Waals surface area (Å²) in [5.74, 6) is 0.109. The second-order valence-corrected chi connectivity index (χ2v) is 8.44. The minimum atomic E-state index is -0.476. The van der Waals surface area contributed by atoms with Crippen molar-refractivity contribution in [3.8, 4) is 5.75 Å². The molecule has 4 aromatic rings. The predicted molar refractivity (Wildman–Crippen MR) is 128 cm³/mol. The lowest BCUT2D eigenvalue weighted by atomic mass is 10.1. The van der Waals surface area contributed by atoms with Crippen LogP contribution < -0.4 is 4.74 Å². The quantitative estimate of drug-likeness (QED) is 0.289. The van der Waals surface area contributed by atoms with E-state index in [4.69, 9.17) is 9.47 Å². The first-order valence-corrected chi connectivity index (χ1v) is 11.3. The van der Waals surface area contributed by atoms with Crippen LogP contribution in [0.5, 0.6) is 5.75 Å². The number of methoxy groups -OCH3 is 1. The van der Waals surface area contributed by atoms with E-state index in [1.807, 2.05) is 60.7 Å². The molecule has 168 valence electrons. The fourth-order valence-corrected chi connectivity index (χ4v) is 3.94. The maximum absolute atomic E-state index is 12.4. The number of hydrogen-bond acceptors (Lipinski definition) is 7. The van der Waals surface area contributed by atoms with Crippen molar-refractivity contribution in [1.82, 2.24) is 14.9 Å². The number of hydrogen-bond donors (Lipinski definition) is 0. The van der Waals surface area contributed by atoms with Crippen LogP contribution in [0.15, 0.2) is 71.9 Å². The molecular formula is C25H23N3O4S. The molecule has 4 rings (SSSR count). The van der Waals surface area contributed by atoms with E-state index in [9.17, 15) is 9.59 Å². The van der Waals surface area contributed by atoms with Crippen LogP contribution in [0, 0.1) is 0 Å². The highest BCUT2D eigenvalue weighted by Crippen LogP contribution is 2.22. The molecule has 0 aliphatic heterocycles. The second-order valence-electron chi connectivity index (χ2n) is 7.44. The Kier molecular flexibility index (Phi) is 7.04. The Morgan fingerprint density at radius 1 is 1.00 bits per heavy atom. The van der Waals surface area contributed by atoms with Crippen molar-refractivity contribution in [3.05, 3.63) is 72.4 Å². The molecule has 1 aromatic heterocycles. The number of rotatable bonds is 8. The fraction of sp³-hybridized carbons (Fsp3) is 0.200. The SMILES string of the molecule is COc1ccc2cc(CN(C)C(=O)COC(=O)CSc3cnc4ccccc4n3)ccc2c1. The molecule has 0 fully saturated rings. The Labute approximate surface area is 195 Å². The molecule has 1 heterocycles. The maximum atomic E-state index is 12.4. The van der Waals surface area contributed by atoms with Crippen LogP contribution >= 0.6 is 11.8 Å². The summed E-state index contributed by atoms with van der Waals surface area (Å²) >= 11 is 1.23. The van der Waals surface area contributed by atoms with Gasteiger partial charge in [-0.2, -0.15) is 0 Å². The van der Waals surface area contributed by atoms with Gasteiger partial charge in [-0.3, -0.25) is 14.6 Å². The molecule has 8 heteroatoms. The largest absolute Gasteiger partial charge is 0.497 e. The van der Waals surface area contributed by atoms with Gasteiger partial charge in [-0.1, -0.05) is 42.1 Å². The molecule has 0 saturated heterocycles. The molecule has 0 N–H and O–H groups in total. The molecule has 33 heavy (non-hydrogen) atoms. The summed E-state index contributed by atoms with van der Waals surface area (Å²) in [6, 6.07) is 19.4. The number of fused-ring (bicyclic) bond motifs is 2. The average Bonchev–Trinajstić information content (AvgIpc) is 2.85. The number of esters is 1. The van der Waals surface area contributed by atoms with Crippen LogP contribution in [-0.4, -0.2) is 53.3 Å². The highest BCUT2D eigenvalue weighted by Gasteiger charge is 2.14. The molecule has 0 bridgehead atoms. The van der Waals surface area contributed by atoms with Gasteiger partial charge in [0.15, 0.2) is 6.61 Å². The Balaban J connectivity index is 1.26. The Morgan fingerprint density at radius 3 is 2.58 bits per heavy atom. The van der Waals surface area contributed by atoms with Crippen molar-refractivity contribution in [2.75, 3.05) is 26.5 Å². The monoisotopic (exact) mass is 461 g/mol. The third kappa shape index (κ3) is 5.78. The maximum Gasteiger partial charge on any atom is 0.316 e. The lowest BCUT2D eigenvalue weighted by molar-refractivity contribution is -0.149. The van der Waals surface area contributed by atoms with Crippen LogP contribution in [0.2, 0.25) is 0 Å². The van der Waals surface area contributed by atoms with Gasteiger partial charge in [-0.15, -0.1) is 0 Å². The first-order chi connectivity index (χ1) is 16.0. The van der Waals surface area contributed by atoms with E-state index in [1.54, 1.807) is 25.3 Å². The molecule has 0 atom stereocenters. The van der Waals surface area contributed by atoms with Gasteiger partial charge in [0.1, 0.15) is 10.8 Å². The third-order valence-corrected chi connectivity index (χ3v) is 5.95. The van der Waals surface area contributed by atoms with Crippen LogP contribution in [0.3, 0.4) is 0 Å². The molecule has 0 spiro atoms. The highest BCUT2D eigenvalue weighted by molar-refractivity contribution is 7.99. The standard InChI is InChI=1S/C25H23N3O4S/c1-28(14-17-7-8-19-12-20(31-2)10-9-18(19)11-17)24(29)15-32-25(30)16-33-23-13-26-21-5-3-4-6-22(21)27-23/h3-13H,14-16H2,1-2H3. The number of nitrogens with zero attached hydrogens (tertiary/aromatic N) is 3. The molecule has 1 amide bonds. The molecule has 0 aliphatic rings. The minimum Gasteiger partial charge on any atom is -0.497 e. The lowest BCUT2D eigenvalue weighted by Crippen LogP contribution is -2.31. The molecule has 0 aliphatic carbocycles. The first-order valence-electron chi connectivity index (χ1n) is 10.3. The van der Waals surface area contributed by atoms with E-state index in [2.05, 4.69) is 9.97 Å². The van der Waals surface area contributed by atoms with Crippen LogP contribution in [0.1, 0.15) is 5.56 Å². The van der Waals surface area contributed by atoms with Gasteiger partial charge in [0.2, 0.25) is 0 Å². The van der Waals surface area contributed by atoms with Gasteiger partial charge in [0, 0.05) is 13.6 Å². The van der Waals surface area contributed by atoms with Crippen molar-refractivity contribution in [2.24, 2.45) is 0 Å². The van der Waals surface area contributed by atoms with Crippen molar-refractivity contribution < 1.29 is 19.1 Å². The van der Waals surface area contributed by atoms with Gasteiger partial charge in [0.25, 0.3) is 5.91 Å². The molecule has 0 unspecified atom stereocenters. The fourth-order valence-electron chi connectivity index (χ4n) is 3.30. The summed E-state index contributed by atoms with van der Waals surface area (Å²) in [6.07, 6.45) is 1.62. The Bertz CT molecular complexity index is 1310. The zero-order chi connectivity index (χ0) is 23.2. The van der Waals surface area contributed by atoms with Gasteiger partial charge >= 0.3 is 5.97 Å². The third-order valence-electron chi connectivity index (χ3n) is 5.08. The van der Waals surface area contributed by atoms with E-state index < -0.39 is 5.97 Å². The number of amides is 1. The van der Waals surface area contributed by atoms with Crippen molar-refractivity contribution in [3.63, 3.8) is 0 Å². The summed E-state index contributed by atoms with van der Waals surface area (Å²) in [5.41, 5.74) is 2.55. The average molecular weight is 462 g/mol. The predicted octanol–water partition coefficient (Wildman–Crippen LogP) is 4.09. The summed E-state index contributed by atoms with van der Waals surface area (Å²) in [7, 11) is 3.33. The van der Waals surface area contributed by atoms with Crippen molar-refractivity contribution >= 4 is 45.4 Å². The molecule has 0 saturated carbocycles. The smallest absolute Gasteiger partial charge is 0.316 e. The highest BCUT2D eigenvalue weighted by atomic mass is 32.2. The van der Waals surface area contributed by atoms with Crippen LogP contribution in [0.25, 0.3) is 21.8 Å². The number of thioether (sulfide) groups is 1. The summed E-state index contributed by atoms with van der Waals surface area (Å²) in [6.45, 7) is 0.115. The Hall–Kier alpha value is -3.65. The number of aromatic nitrogens is 2. The normalized spacial score (nSPS) is 10.8. The van der Waals surface area contributed by atoms with Crippen LogP contribution in [0.4, 0.5) is 0 Å². The Morgan fingerprint density at radius 2 is 1.76 bits per heavy atom. The van der Waals surface area contributed by atoms with E-state index >= 15 is 0 Å². The zero-order valence-electron chi connectivity index (χ0n) is 18.4. The van der Waals surface area contributed by atoms with Gasteiger partial charge in [-0.25, -0.2) is 4.98 Å². The summed E-state index contributed by atoms with van der Waals surface area (Å²) < 4.78 is 10.4. The minimum absolute atomic E-state index is 0.0537. The van der Waals surface area contributed by atoms with E-state index in [1.165, 1.54) is 11.8 Å². The first kappa shape index (κ1) is 22.5.